The topological polar surface area (TPSA) is 67.8 Å². The highest BCUT2D eigenvalue weighted by molar-refractivity contribution is 5.71. The minimum Gasteiger partial charge on any atom is -0.544 e. The average Bonchev–Trinajstić information content (AvgIpc) is 2.18. The van der Waals surface area contributed by atoms with Crippen molar-refractivity contribution in [2.45, 2.75) is 12.0 Å². The molecule has 1 aromatic carbocycles. The summed E-state index contributed by atoms with van der Waals surface area (Å²) in [4.78, 5) is 10.3. The van der Waals surface area contributed by atoms with E-state index in [1.165, 1.54) is 12.1 Å². The first-order chi connectivity index (χ1) is 6.46. The van der Waals surface area contributed by atoms with Gasteiger partial charge >= 0.3 is 5.92 Å². The lowest BCUT2D eigenvalue weighted by Crippen LogP contribution is -2.74. The van der Waals surface area contributed by atoms with E-state index < -0.39 is 17.9 Å². The summed E-state index contributed by atoms with van der Waals surface area (Å²) in [6, 6.07) is 4.61. The molecule has 0 unspecified atom stereocenters. The number of quaternary nitrogens is 1. The maximum absolute atomic E-state index is 13.3. The smallest absolute Gasteiger partial charge is 0.328 e. The van der Waals surface area contributed by atoms with Gasteiger partial charge in [-0.1, -0.05) is 30.3 Å². The van der Waals surface area contributed by atoms with Crippen LogP contribution in [0.5, 0.6) is 0 Å². The van der Waals surface area contributed by atoms with Crippen LogP contribution in [0.25, 0.3) is 0 Å². The van der Waals surface area contributed by atoms with Crippen molar-refractivity contribution in [1.82, 2.24) is 0 Å². The standard InChI is InChI=1S/C9H9F2NO2/c10-9(11,7(12)8(13)14)6-4-2-1-3-5-6/h1-5,7H,12H2,(H,13,14)/t7-/m0/s1. The van der Waals surface area contributed by atoms with Crippen LogP contribution < -0.4 is 10.8 Å². The van der Waals surface area contributed by atoms with Crippen molar-refractivity contribution in [3.8, 4) is 0 Å². The molecule has 76 valence electrons. The summed E-state index contributed by atoms with van der Waals surface area (Å²) < 4.78 is 26.6. The molecule has 0 fully saturated rings. The number of alkyl halides is 2. The Labute approximate surface area is 79.2 Å². The summed E-state index contributed by atoms with van der Waals surface area (Å²) >= 11 is 0. The van der Waals surface area contributed by atoms with E-state index in [0.29, 0.717) is 0 Å². The Morgan fingerprint density at radius 2 is 1.86 bits per heavy atom. The molecule has 0 aromatic heterocycles. The predicted molar refractivity (Wildman–Crippen MR) is 42.0 cm³/mol. The molecular weight excluding hydrogens is 192 g/mol. The molecule has 14 heavy (non-hydrogen) atoms. The second-order valence-corrected chi connectivity index (χ2v) is 2.86. The van der Waals surface area contributed by atoms with Gasteiger partial charge in [-0.2, -0.15) is 8.78 Å². The van der Waals surface area contributed by atoms with Gasteiger partial charge in [0.25, 0.3) is 0 Å². The van der Waals surface area contributed by atoms with E-state index >= 15 is 0 Å². The number of hydrogen-bond acceptors (Lipinski definition) is 2. The Balaban J connectivity index is 3.02. The van der Waals surface area contributed by atoms with Crippen LogP contribution in [0, 0.1) is 0 Å². The molecule has 3 nitrogen and oxygen atoms in total. The average molecular weight is 201 g/mol. The maximum Gasteiger partial charge on any atom is 0.328 e. The number of rotatable bonds is 3. The van der Waals surface area contributed by atoms with Gasteiger partial charge in [0.2, 0.25) is 0 Å². The third-order valence-corrected chi connectivity index (χ3v) is 1.88. The lowest BCUT2D eigenvalue weighted by Gasteiger charge is -2.21. The molecule has 1 aromatic rings. The van der Waals surface area contributed by atoms with Gasteiger partial charge in [-0.15, -0.1) is 0 Å². The van der Waals surface area contributed by atoms with Gasteiger partial charge in [0.05, 0.1) is 0 Å². The fourth-order valence-corrected chi connectivity index (χ4v) is 1.01. The van der Waals surface area contributed by atoms with Crippen LogP contribution >= 0.6 is 0 Å². The first-order valence-electron chi connectivity index (χ1n) is 3.93. The van der Waals surface area contributed by atoms with E-state index in [1.54, 1.807) is 6.07 Å². The zero-order valence-electron chi connectivity index (χ0n) is 7.24. The Bertz CT molecular complexity index is 327. The van der Waals surface area contributed by atoms with Gasteiger partial charge in [-0.25, -0.2) is 0 Å². The summed E-state index contributed by atoms with van der Waals surface area (Å²) in [7, 11) is 0. The highest BCUT2D eigenvalue weighted by Gasteiger charge is 2.43. The maximum atomic E-state index is 13.3. The molecular formula is C9H9F2NO2. The quantitative estimate of drug-likeness (QED) is 0.691. The number of carbonyl (C=O) groups excluding carboxylic acids is 1. The Morgan fingerprint density at radius 1 is 1.36 bits per heavy atom. The van der Waals surface area contributed by atoms with E-state index in [-0.39, 0.29) is 5.56 Å². The van der Waals surface area contributed by atoms with Crippen molar-refractivity contribution >= 4 is 5.97 Å². The van der Waals surface area contributed by atoms with Crippen molar-refractivity contribution in [2.24, 2.45) is 0 Å². The second kappa shape index (κ2) is 3.71. The monoisotopic (exact) mass is 201 g/mol. The first-order valence-corrected chi connectivity index (χ1v) is 3.93. The zero-order chi connectivity index (χ0) is 10.8. The summed E-state index contributed by atoms with van der Waals surface area (Å²) in [6.07, 6.45) is 0. The molecule has 0 aliphatic rings. The van der Waals surface area contributed by atoms with Crippen LogP contribution in [-0.2, 0) is 10.7 Å². The SMILES string of the molecule is [NH3+][C@@H](C(=O)[O-])C(F)(F)c1ccccc1. The third-order valence-electron chi connectivity index (χ3n) is 1.88. The molecule has 0 radical (unpaired) electrons. The van der Waals surface area contributed by atoms with E-state index in [9.17, 15) is 18.7 Å². The Morgan fingerprint density at radius 3 is 2.29 bits per heavy atom. The molecule has 0 aliphatic heterocycles. The van der Waals surface area contributed by atoms with Gasteiger partial charge in [-0.3, -0.25) is 0 Å². The first kappa shape index (κ1) is 10.6. The summed E-state index contributed by atoms with van der Waals surface area (Å²) in [5.74, 6) is -5.36. The van der Waals surface area contributed by atoms with Crippen LogP contribution in [0.1, 0.15) is 5.56 Å². The molecule has 5 heteroatoms. The zero-order valence-corrected chi connectivity index (χ0v) is 7.24. The van der Waals surface area contributed by atoms with E-state index in [2.05, 4.69) is 5.73 Å². The molecule has 0 saturated heterocycles. The van der Waals surface area contributed by atoms with Crippen molar-refractivity contribution in [3.05, 3.63) is 35.9 Å². The van der Waals surface area contributed by atoms with E-state index in [0.717, 1.165) is 12.1 Å². The molecule has 3 N–H and O–H groups in total. The second-order valence-electron chi connectivity index (χ2n) is 2.86. The van der Waals surface area contributed by atoms with Crippen LogP contribution in [0.3, 0.4) is 0 Å². The molecule has 0 saturated carbocycles. The number of halogens is 2. The molecule has 0 heterocycles. The van der Waals surface area contributed by atoms with Gasteiger partial charge in [0.1, 0.15) is 5.97 Å². The fraction of sp³-hybridized carbons (Fsp3) is 0.222. The fourth-order valence-electron chi connectivity index (χ4n) is 1.01. The van der Waals surface area contributed by atoms with Crippen molar-refractivity contribution in [1.29, 1.82) is 0 Å². The molecule has 0 aliphatic carbocycles. The summed E-state index contributed by atoms with van der Waals surface area (Å²) in [5, 5.41) is 10.3. The number of benzene rings is 1. The minimum atomic E-state index is -3.50. The van der Waals surface area contributed by atoms with Crippen molar-refractivity contribution in [3.63, 3.8) is 0 Å². The molecule has 0 bridgehead atoms. The van der Waals surface area contributed by atoms with Gasteiger partial charge in [0.15, 0.2) is 6.04 Å². The Hall–Kier alpha value is -1.49. The van der Waals surface area contributed by atoms with Gasteiger partial charge in [0, 0.05) is 5.56 Å². The molecule has 0 amide bonds. The van der Waals surface area contributed by atoms with Crippen LogP contribution in [0.4, 0.5) is 8.78 Å². The lowest BCUT2D eigenvalue weighted by molar-refractivity contribution is -0.474. The largest absolute Gasteiger partial charge is 0.544 e. The third kappa shape index (κ3) is 1.88. The predicted octanol–water partition coefficient (Wildman–Crippen LogP) is -0.861. The summed E-state index contributed by atoms with van der Waals surface area (Å²) in [6.45, 7) is 0. The number of aliphatic carboxylic acids is 1. The minimum absolute atomic E-state index is 0.371. The highest BCUT2D eigenvalue weighted by atomic mass is 19.3. The normalized spacial score (nSPS) is 13.6. The van der Waals surface area contributed by atoms with Crippen LogP contribution in [0.15, 0.2) is 30.3 Å². The van der Waals surface area contributed by atoms with E-state index in [4.69, 9.17) is 0 Å². The number of carbonyl (C=O) groups is 1. The molecule has 0 spiro atoms. The van der Waals surface area contributed by atoms with Gasteiger partial charge in [-0.05, 0) is 0 Å². The molecule has 1 rings (SSSR count). The number of carboxylic acids is 1. The Kier molecular flexibility index (Phi) is 2.81. The van der Waals surface area contributed by atoms with Crippen LogP contribution in [-0.4, -0.2) is 12.0 Å². The lowest BCUT2D eigenvalue weighted by atomic mass is 10.0. The van der Waals surface area contributed by atoms with Crippen LogP contribution in [0.2, 0.25) is 0 Å². The molecule has 1 atom stereocenters. The van der Waals surface area contributed by atoms with Gasteiger partial charge < -0.3 is 15.6 Å². The van der Waals surface area contributed by atoms with Crippen molar-refractivity contribution in [2.75, 3.05) is 0 Å². The summed E-state index contributed by atoms with van der Waals surface area (Å²) in [5.41, 5.74) is 2.50. The number of hydrogen-bond donors (Lipinski definition) is 1. The van der Waals surface area contributed by atoms with E-state index in [1.807, 2.05) is 0 Å². The highest BCUT2D eigenvalue weighted by Crippen LogP contribution is 2.29. The number of carboxylic acid groups (broad SMARTS) is 1. The van der Waals surface area contributed by atoms with Crippen molar-refractivity contribution < 1.29 is 24.4 Å².